The zero-order chi connectivity index (χ0) is 23.3. The fourth-order valence-electron chi connectivity index (χ4n) is 5.53. The van der Waals surface area contributed by atoms with Gasteiger partial charge in [0.1, 0.15) is 5.75 Å². The zero-order valence-corrected chi connectivity index (χ0v) is 20.6. The maximum atomic E-state index is 13.1. The second-order valence-corrected chi connectivity index (χ2v) is 11.0. The highest BCUT2D eigenvalue weighted by Crippen LogP contribution is 2.61. The summed E-state index contributed by atoms with van der Waals surface area (Å²) in [4.78, 5) is 13.1. The van der Waals surface area contributed by atoms with Crippen LogP contribution < -0.4 is 4.74 Å². The normalized spacial score (nSPS) is 22.8. The molecule has 0 amide bonds. The lowest BCUT2D eigenvalue weighted by Gasteiger charge is -2.30. The van der Waals surface area contributed by atoms with E-state index in [9.17, 15) is 4.79 Å². The van der Waals surface area contributed by atoms with E-state index in [1.165, 1.54) is 37.5 Å². The second-order valence-electron chi connectivity index (χ2n) is 11.0. The molecule has 0 radical (unpaired) electrons. The van der Waals surface area contributed by atoms with Crippen LogP contribution in [0.2, 0.25) is 0 Å². The van der Waals surface area contributed by atoms with Gasteiger partial charge in [-0.05, 0) is 118 Å². The molecule has 1 heterocycles. The first-order chi connectivity index (χ1) is 15.8. The zero-order valence-electron chi connectivity index (χ0n) is 20.6. The highest BCUT2D eigenvalue weighted by molar-refractivity contribution is 5.84. The average Bonchev–Trinajstić information content (AvgIpc) is 3.68. The third-order valence-corrected chi connectivity index (χ3v) is 7.31. The third kappa shape index (κ3) is 4.55. The van der Waals surface area contributed by atoms with E-state index in [4.69, 9.17) is 14.2 Å². The molecule has 0 saturated heterocycles. The summed E-state index contributed by atoms with van der Waals surface area (Å²) in [5.41, 5.74) is 6.45. The smallest absolute Gasteiger partial charge is 0.339 e. The number of carbonyl (C=O) groups is 1. The first kappa shape index (κ1) is 22.5. The molecule has 1 unspecified atom stereocenters. The Morgan fingerprint density at radius 3 is 2.64 bits per heavy atom. The summed E-state index contributed by atoms with van der Waals surface area (Å²) in [6.07, 6.45) is 5.26. The Bertz CT molecular complexity index is 1060. The SMILES string of the molecule is COC(=O)C(OC(C)(C)C)c1c(C)ccc([C@@H]2C[C@H]2C2CC2)c1-c1ccc2c(c1)CCCO2. The van der Waals surface area contributed by atoms with Gasteiger partial charge < -0.3 is 14.2 Å². The quantitative estimate of drug-likeness (QED) is 0.471. The van der Waals surface area contributed by atoms with E-state index in [-0.39, 0.29) is 5.97 Å². The van der Waals surface area contributed by atoms with Crippen molar-refractivity contribution in [2.24, 2.45) is 11.8 Å². The summed E-state index contributed by atoms with van der Waals surface area (Å²) in [7, 11) is 1.44. The van der Waals surface area contributed by atoms with Crippen LogP contribution in [0.3, 0.4) is 0 Å². The highest BCUT2D eigenvalue weighted by atomic mass is 16.6. The van der Waals surface area contributed by atoms with Crippen LogP contribution in [0.5, 0.6) is 5.75 Å². The van der Waals surface area contributed by atoms with Crippen molar-refractivity contribution in [3.8, 4) is 16.9 Å². The molecule has 0 bridgehead atoms. The summed E-state index contributed by atoms with van der Waals surface area (Å²) in [6, 6.07) is 11.0. The molecule has 33 heavy (non-hydrogen) atoms. The first-order valence-electron chi connectivity index (χ1n) is 12.4. The number of benzene rings is 2. The predicted octanol–water partition coefficient (Wildman–Crippen LogP) is 6.53. The highest BCUT2D eigenvalue weighted by Gasteiger charge is 2.49. The van der Waals surface area contributed by atoms with Crippen molar-refractivity contribution in [3.63, 3.8) is 0 Å². The van der Waals surface area contributed by atoms with Gasteiger partial charge in [0.05, 0.1) is 19.3 Å². The molecule has 3 aliphatic rings. The molecule has 3 atom stereocenters. The van der Waals surface area contributed by atoms with Crippen LogP contribution >= 0.6 is 0 Å². The van der Waals surface area contributed by atoms with E-state index in [1.54, 1.807) is 0 Å². The van der Waals surface area contributed by atoms with Gasteiger partial charge in [0.2, 0.25) is 0 Å². The molecule has 1 aliphatic heterocycles. The van der Waals surface area contributed by atoms with Crippen molar-refractivity contribution in [2.45, 2.75) is 77.4 Å². The van der Waals surface area contributed by atoms with Gasteiger partial charge >= 0.3 is 5.97 Å². The minimum absolute atomic E-state index is 0.345. The largest absolute Gasteiger partial charge is 0.493 e. The Morgan fingerprint density at radius 1 is 1.15 bits per heavy atom. The number of esters is 1. The molecule has 5 rings (SSSR count). The van der Waals surface area contributed by atoms with E-state index in [0.29, 0.717) is 5.92 Å². The maximum absolute atomic E-state index is 13.1. The number of fused-ring (bicyclic) bond motifs is 1. The van der Waals surface area contributed by atoms with Gasteiger partial charge in [-0.2, -0.15) is 0 Å². The van der Waals surface area contributed by atoms with Gasteiger partial charge in [-0.15, -0.1) is 0 Å². The van der Waals surface area contributed by atoms with Gasteiger partial charge in [0.25, 0.3) is 0 Å². The van der Waals surface area contributed by atoms with Crippen molar-refractivity contribution < 1.29 is 19.0 Å². The molecule has 0 N–H and O–H groups in total. The van der Waals surface area contributed by atoms with E-state index in [2.05, 4.69) is 37.3 Å². The van der Waals surface area contributed by atoms with Crippen molar-refractivity contribution in [2.75, 3.05) is 13.7 Å². The molecule has 2 aromatic rings. The monoisotopic (exact) mass is 448 g/mol. The Morgan fingerprint density at radius 2 is 1.94 bits per heavy atom. The van der Waals surface area contributed by atoms with Gasteiger partial charge in [-0.1, -0.05) is 18.2 Å². The minimum atomic E-state index is -0.768. The number of aryl methyl sites for hydroxylation is 2. The van der Waals surface area contributed by atoms with Crippen LogP contribution in [0.1, 0.15) is 80.7 Å². The Balaban J connectivity index is 1.68. The molecule has 2 aliphatic carbocycles. The van der Waals surface area contributed by atoms with Crippen LogP contribution in [-0.2, 0) is 20.7 Å². The van der Waals surface area contributed by atoms with E-state index < -0.39 is 11.7 Å². The van der Waals surface area contributed by atoms with Crippen molar-refractivity contribution >= 4 is 5.97 Å². The number of ether oxygens (including phenoxy) is 3. The van der Waals surface area contributed by atoms with E-state index in [0.717, 1.165) is 59.3 Å². The number of methoxy groups -OCH3 is 1. The van der Waals surface area contributed by atoms with Gasteiger partial charge in [-0.3, -0.25) is 0 Å². The van der Waals surface area contributed by atoms with Crippen LogP contribution in [0.25, 0.3) is 11.1 Å². The summed E-state index contributed by atoms with van der Waals surface area (Å²) < 4.78 is 17.5. The fraction of sp³-hybridized carbons (Fsp3) is 0.552. The van der Waals surface area contributed by atoms with Crippen molar-refractivity contribution in [1.29, 1.82) is 0 Å². The lowest BCUT2D eigenvalue weighted by Crippen LogP contribution is -2.29. The van der Waals surface area contributed by atoms with Gasteiger partial charge in [-0.25, -0.2) is 4.79 Å². The summed E-state index contributed by atoms with van der Waals surface area (Å²) >= 11 is 0. The van der Waals surface area contributed by atoms with Gasteiger partial charge in [0.15, 0.2) is 6.10 Å². The number of hydrogen-bond donors (Lipinski definition) is 0. The maximum Gasteiger partial charge on any atom is 0.339 e. The molecule has 4 nitrogen and oxygen atoms in total. The Kier molecular flexibility index (Phi) is 5.76. The molecule has 0 spiro atoms. The Hall–Kier alpha value is -2.33. The minimum Gasteiger partial charge on any atom is -0.493 e. The number of carbonyl (C=O) groups excluding carboxylic acids is 1. The van der Waals surface area contributed by atoms with Crippen LogP contribution in [0.15, 0.2) is 30.3 Å². The van der Waals surface area contributed by atoms with Crippen molar-refractivity contribution in [3.05, 3.63) is 52.6 Å². The number of hydrogen-bond acceptors (Lipinski definition) is 4. The van der Waals surface area contributed by atoms with Gasteiger partial charge in [0, 0.05) is 5.56 Å². The second kappa shape index (κ2) is 8.47. The summed E-state index contributed by atoms with van der Waals surface area (Å²) in [6.45, 7) is 8.83. The fourth-order valence-corrected chi connectivity index (χ4v) is 5.53. The molecular formula is C29H36O4. The molecular weight excluding hydrogens is 412 g/mol. The van der Waals surface area contributed by atoms with E-state index in [1.807, 2.05) is 20.8 Å². The lowest BCUT2D eigenvalue weighted by molar-refractivity contribution is -0.164. The average molecular weight is 449 g/mol. The molecule has 2 saturated carbocycles. The van der Waals surface area contributed by atoms with E-state index >= 15 is 0 Å². The topological polar surface area (TPSA) is 44.8 Å². The summed E-state index contributed by atoms with van der Waals surface area (Å²) in [5, 5.41) is 0. The third-order valence-electron chi connectivity index (χ3n) is 7.31. The Labute approximate surface area is 197 Å². The molecule has 2 aromatic carbocycles. The first-order valence-corrected chi connectivity index (χ1v) is 12.4. The molecule has 176 valence electrons. The van der Waals surface area contributed by atoms with Crippen LogP contribution in [0, 0.1) is 18.8 Å². The standard InChI is InChI=1S/C29H36O4/c1-17-8-12-21(23-16-22(23)18-9-10-18)26(20-11-13-24-19(15-20)7-6-14-32-24)25(17)27(28(30)31-5)33-29(2,3)4/h8,11-13,15,18,22-23,27H,6-7,9-10,14,16H2,1-5H3/t22-,23-,27?/m0/s1. The predicted molar refractivity (Wildman–Crippen MR) is 130 cm³/mol. The summed E-state index contributed by atoms with van der Waals surface area (Å²) in [5.74, 6) is 2.86. The number of rotatable bonds is 6. The lowest BCUT2D eigenvalue weighted by atomic mass is 9.85. The molecule has 4 heteroatoms. The molecule has 0 aromatic heterocycles. The molecule has 2 fully saturated rings. The van der Waals surface area contributed by atoms with Crippen LogP contribution in [0.4, 0.5) is 0 Å². The van der Waals surface area contributed by atoms with Crippen molar-refractivity contribution in [1.82, 2.24) is 0 Å². The van der Waals surface area contributed by atoms with Crippen LogP contribution in [-0.4, -0.2) is 25.3 Å².